The van der Waals surface area contributed by atoms with Gasteiger partial charge in [0.25, 0.3) is 5.91 Å². The van der Waals surface area contributed by atoms with Gasteiger partial charge in [-0.25, -0.2) is 0 Å². The van der Waals surface area contributed by atoms with Crippen LogP contribution in [0.1, 0.15) is 30.1 Å². The highest BCUT2D eigenvalue weighted by Gasteiger charge is 2.28. The van der Waals surface area contributed by atoms with Crippen LogP contribution >= 0.6 is 0 Å². The Morgan fingerprint density at radius 2 is 1.56 bits per heavy atom. The summed E-state index contributed by atoms with van der Waals surface area (Å²) in [5, 5.41) is 5.62. The first kappa shape index (κ1) is 18.6. The molecule has 2 aromatic carbocycles. The van der Waals surface area contributed by atoms with Crippen molar-refractivity contribution in [1.29, 1.82) is 0 Å². The lowest BCUT2D eigenvalue weighted by Crippen LogP contribution is -2.41. The van der Waals surface area contributed by atoms with Gasteiger partial charge in [0.15, 0.2) is 0 Å². The van der Waals surface area contributed by atoms with E-state index >= 15 is 0 Å². The van der Waals surface area contributed by atoms with Crippen molar-refractivity contribution in [3.05, 3.63) is 60.2 Å². The van der Waals surface area contributed by atoms with E-state index in [2.05, 4.69) is 10.6 Å². The van der Waals surface area contributed by atoms with Gasteiger partial charge in [0.2, 0.25) is 11.8 Å². The molecule has 6 heteroatoms. The van der Waals surface area contributed by atoms with Crippen molar-refractivity contribution in [2.24, 2.45) is 5.92 Å². The SMILES string of the molecule is CC(=O)Nc1cccc(C(=O)N2CCC(C(=O)Nc3ccccc3)CC2)c1. The van der Waals surface area contributed by atoms with E-state index in [1.165, 1.54) is 6.92 Å². The first-order chi connectivity index (χ1) is 13.0. The Bertz CT molecular complexity index is 828. The second-order valence-electron chi connectivity index (χ2n) is 6.68. The molecule has 1 aliphatic rings. The number of anilines is 2. The number of nitrogens with one attached hydrogen (secondary N) is 2. The number of hydrogen-bond acceptors (Lipinski definition) is 3. The molecule has 140 valence electrons. The van der Waals surface area contributed by atoms with Gasteiger partial charge in [-0.1, -0.05) is 24.3 Å². The molecule has 3 rings (SSSR count). The minimum atomic E-state index is -0.176. The second kappa shape index (κ2) is 8.49. The summed E-state index contributed by atoms with van der Waals surface area (Å²) in [7, 11) is 0. The van der Waals surface area contributed by atoms with E-state index in [1.807, 2.05) is 30.3 Å². The molecule has 27 heavy (non-hydrogen) atoms. The van der Waals surface area contributed by atoms with E-state index in [9.17, 15) is 14.4 Å². The van der Waals surface area contributed by atoms with E-state index < -0.39 is 0 Å². The van der Waals surface area contributed by atoms with Crippen LogP contribution in [0.3, 0.4) is 0 Å². The summed E-state index contributed by atoms with van der Waals surface area (Å²) in [6, 6.07) is 16.3. The van der Waals surface area contributed by atoms with Crippen molar-refractivity contribution in [2.75, 3.05) is 23.7 Å². The van der Waals surface area contributed by atoms with Crippen LogP contribution in [0.4, 0.5) is 11.4 Å². The maximum Gasteiger partial charge on any atom is 0.253 e. The summed E-state index contributed by atoms with van der Waals surface area (Å²) in [4.78, 5) is 38.1. The fraction of sp³-hybridized carbons (Fsp3) is 0.286. The Kier molecular flexibility index (Phi) is 5.86. The van der Waals surface area contributed by atoms with Gasteiger partial charge in [-0.15, -0.1) is 0 Å². The number of hydrogen-bond donors (Lipinski definition) is 2. The van der Waals surface area contributed by atoms with Gasteiger partial charge in [0, 0.05) is 42.9 Å². The summed E-state index contributed by atoms with van der Waals surface area (Å²) in [6.07, 6.45) is 1.27. The summed E-state index contributed by atoms with van der Waals surface area (Å²) >= 11 is 0. The maximum atomic E-state index is 12.7. The van der Waals surface area contributed by atoms with Crippen LogP contribution < -0.4 is 10.6 Å². The second-order valence-corrected chi connectivity index (χ2v) is 6.68. The summed E-state index contributed by atoms with van der Waals surface area (Å²) in [5.41, 5.74) is 1.93. The summed E-state index contributed by atoms with van der Waals surface area (Å²) in [6.45, 7) is 2.51. The molecular formula is C21H23N3O3. The molecule has 0 unspecified atom stereocenters. The molecule has 0 aromatic heterocycles. The van der Waals surface area contributed by atoms with E-state index in [-0.39, 0.29) is 23.6 Å². The molecule has 1 saturated heterocycles. The zero-order valence-corrected chi connectivity index (χ0v) is 15.3. The first-order valence-corrected chi connectivity index (χ1v) is 9.06. The van der Waals surface area contributed by atoms with Crippen LogP contribution in [-0.2, 0) is 9.59 Å². The van der Waals surface area contributed by atoms with Crippen LogP contribution in [0.5, 0.6) is 0 Å². The monoisotopic (exact) mass is 365 g/mol. The minimum Gasteiger partial charge on any atom is -0.339 e. The van der Waals surface area contributed by atoms with Crippen LogP contribution in [0.15, 0.2) is 54.6 Å². The number of carbonyl (C=O) groups excluding carboxylic acids is 3. The molecule has 1 aliphatic heterocycles. The quantitative estimate of drug-likeness (QED) is 0.874. The molecule has 0 bridgehead atoms. The molecule has 6 nitrogen and oxygen atoms in total. The Balaban J connectivity index is 1.56. The molecule has 0 aliphatic carbocycles. The molecular weight excluding hydrogens is 342 g/mol. The van der Waals surface area contributed by atoms with Crippen LogP contribution in [0.25, 0.3) is 0 Å². The number of carbonyl (C=O) groups is 3. The topological polar surface area (TPSA) is 78.5 Å². The van der Waals surface area contributed by atoms with Crippen molar-refractivity contribution in [3.8, 4) is 0 Å². The van der Waals surface area contributed by atoms with Gasteiger partial charge in [-0.2, -0.15) is 0 Å². The zero-order valence-electron chi connectivity index (χ0n) is 15.3. The fourth-order valence-electron chi connectivity index (χ4n) is 3.23. The molecule has 2 N–H and O–H groups in total. The average molecular weight is 365 g/mol. The lowest BCUT2D eigenvalue weighted by Gasteiger charge is -2.31. The van der Waals surface area contributed by atoms with Gasteiger partial charge < -0.3 is 15.5 Å². The van der Waals surface area contributed by atoms with Crippen molar-refractivity contribution < 1.29 is 14.4 Å². The van der Waals surface area contributed by atoms with Gasteiger partial charge in [0.05, 0.1) is 0 Å². The van der Waals surface area contributed by atoms with Crippen LogP contribution in [0, 0.1) is 5.92 Å². The van der Waals surface area contributed by atoms with Gasteiger partial charge >= 0.3 is 0 Å². The van der Waals surface area contributed by atoms with Crippen LogP contribution in [0.2, 0.25) is 0 Å². The fourth-order valence-corrected chi connectivity index (χ4v) is 3.23. The van der Waals surface area contributed by atoms with E-state index in [0.29, 0.717) is 37.2 Å². The van der Waals surface area contributed by atoms with E-state index in [4.69, 9.17) is 0 Å². The number of rotatable bonds is 4. The van der Waals surface area contributed by atoms with Crippen molar-refractivity contribution in [1.82, 2.24) is 4.90 Å². The highest BCUT2D eigenvalue weighted by Crippen LogP contribution is 2.22. The average Bonchev–Trinajstić information content (AvgIpc) is 2.68. The number of para-hydroxylation sites is 1. The van der Waals surface area contributed by atoms with Gasteiger partial charge in [-0.3, -0.25) is 14.4 Å². The Morgan fingerprint density at radius 3 is 2.22 bits per heavy atom. The van der Waals surface area contributed by atoms with E-state index in [1.54, 1.807) is 29.2 Å². The Morgan fingerprint density at radius 1 is 0.889 bits per heavy atom. The smallest absolute Gasteiger partial charge is 0.253 e. The number of likely N-dealkylation sites (tertiary alicyclic amines) is 1. The third-order valence-corrected chi connectivity index (χ3v) is 4.62. The summed E-state index contributed by atoms with van der Waals surface area (Å²) < 4.78 is 0. The number of amides is 3. The summed E-state index contributed by atoms with van der Waals surface area (Å²) in [5.74, 6) is -0.352. The normalized spacial score (nSPS) is 14.5. The molecule has 0 spiro atoms. The van der Waals surface area contributed by atoms with Gasteiger partial charge in [0.1, 0.15) is 0 Å². The first-order valence-electron chi connectivity index (χ1n) is 9.06. The largest absolute Gasteiger partial charge is 0.339 e. The molecule has 1 heterocycles. The highest BCUT2D eigenvalue weighted by molar-refractivity contribution is 5.97. The van der Waals surface area contributed by atoms with Crippen molar-refractivity contribution in [2.45, 2.75) is 19.8 Å². The molecule has 2 aromatic rings. The highest BCUT2D eigenvalue weighted by atomic mass is 16.2. The number of piperidine rings is 1. The Hall–Kier alpha value is -3.15. The molecule has 0 saturated carbocycles. The predicted molar refractivity (Wildman–Crippen MR) is 104 cm³/mol. The number of benzene rings is 2. The van der Waals surface area contributed by atoms with Gasteiger partial charge in [-0.05, 0) is 43.2 Å². The maximum absolute atomic E-state index is 12.7. The lowest BCUT2D eigenvalue weighted by molar-refractivity contribution is -0.121. The predicted octanol–water partition coefficient (Wildman–Crippen LogP) is 3.14. The van der Waals surface area contributed by atoms with Crippen molar-refractivity contribution >= 4 is 29.1 Å². The molecule has 1 fully saturated rings. The number of nitrogens with zero attached hydrogens (tertiary/aromatic N) is 1. The lowest BCUT2D eigenvalue weighted by atomic mass is 9.95. The molecule has 0 radical (unpaired) electrons. The standard InChI is InChI=1S/C21H23N3O3/c1-15(25)22-19-9-5-6-17(14-19)21(27)24-12-10-16(11-13-24)20(26)23-18-7-3-2-4-8-18/h2-9,14,16H,10-13H2,1H3,(H,22,25)(H,23,26). The van der Waals surface area contributed by atoms with Crippen molar-refractivity contribution in [3.63, 3.8) is 0 Å². The van der Waals surface area contributed by atoms with Crippen LogP contribution in [-0.4, -0.2) is 35.7 Å². The Labute approximate surface area is 158 Å². The zero-order chi connectivity index (χ0) is 19.2. The molecule has 3 amide bonds. The molecule has 0 atom stereocenters. The third kappa shape index (κ3) is 4.94. The third-order valence-electron chi connectivity index (χ3n) is 4.62. The van der Waals surface area contributed by atoms with E-state index in [0.717, 1.165) is 5.69 Å². The minimum absolute atomic E-state index is 0.000884.